The van der Waals surface area contributed by atoms with E-state index in [0.29, 0.717) is 13.1 Å². The van der Waals surface area contributed by atoms with E-state index in [0.717, 1.165) is 17.0 Å². The van der Waals surface area contributed by atoms with Crippen LogP contribution in [0.15, 0.2) is 10.2 Å². The predicted molar refractivity (Wildman–Crippen MR) is 70.3 cm³/mol. The molecular weight excluding hydrogens is 250 g/mol. The van der Waals surface area contributed by atoms with E-state index < -0.39 is 0 Å². The number of aryl methyl sites for hydroxylation is 1. The maximum absolute atomic E-state index is 12.1. The maximum atomic E-state index is 12.1. The molecule has 0 radical (unpaired) electrons. The Morgan fingerprint density at radius 2 is 2.33 bits per heavy atom. The van der Waals surface area contributed by atoms with Crippen LogP contribution in [0.4, 0.5) is 0 Å². The van der Waals surface area contributed by atoms with Gasteiger partial charge in [-0.25, -0.2) is 0 Å². The number of aromatic nitrogens is 1. The van der Waals surface area contributed by atoms with Gasteiger partial charge in [-0.2, -0.15) is 5.26 Å². The van der Waals surface area contributed by atoms with Crippen molar-refractivity contribution in [1.82, 2.24) is 9.47 Å². The largest absolute Gasteiger partial charge is 0.340 e. The smallest absolute Gasteiger partial charge is 0.307 e. The minimum atomic E-state index is -0.200. The molecule has 0 spiro atoms. The Balaban J connectivity index is 2.75. The lowest BCUT2D eigenvalue weighted by molar-refractivity contribution is -0.132. The fourth-order valence-corrected chi connectivity index (χ4v) is 2.34. The number of hydrogen-bond donors (Lipinski definition) is 0. The van der Waals surface area contributed by atoms with Crippen LogP contribution < -0.4 is 4.87 Å². The summed E-state index contributed by atoms with van der Waals surface area (Å²) in [5.41, 5.74) is 0.794. The Hall–Kier alpha value is -1.61. The van der Waals surface area contributed by atoms with E-state index in [1.165, 1.54) is 4.57 Å². The van der Waals surface area contributed by atoms with Crippen molar-refractivity contribution in [2.45, 2.75) is 27.3 Å². The summed E-state index contributed by atoms with van der Waals surface area (Å²) < 4.78 is 1.46. The van der Waals surface area contributed by atoms with Crippen LogP contribution in [-0.4, -0.2) is 28.5 Å². The van der Waals surface area contributed by atoms with E-state index in [1.54, 1.807) is 24.1 Å². The number of carbonyl (C=O) groups excluding carboxylic acids is 1. The molecule has 0 aliphatic carbocycles. The zero-order chi connectivity index (χ0) is 13.7. The van der Waals surface area contributed by atoms with Gasteiger partial charge in [0.1, 0.15) is 6.54 Å². The van der Waals surface area contributed by atoms with E-state index in [1.807, 2.05) is 6.92 Å². The van der Waals surface area contributed by atoms with Crippen molar-refractivity contribution in [2.75, 3.05) is 13.1 Å². The van der Waals surface area contributed by atoms with E-state index in [-0.39, 0.29) is 23.2 Å². The van der Waals surface area contributed by atoms with E-state index >= 15 is 0 Å². The number of hydrogen-bond acceptors (Lipinski definition) is 4. The molecule has 0 aliphatic rings. The van der Waals surface area contributed by atoms with Gasteiger partial charge >= 0.3 is 4.87 Å². The fourth-order valence-electron chi connectivity index (χ4n) is 1.61. The number of rotatable bonds is 5. The molecule has 1 amide bonds. The molecule has 1 unspecified atom stereocenters. The van der Waals surface area contributed by atoms with Crippen molar-refractivity contribution in [2.24, 2.45) is 5.92 Å². The van der Waals surface area contributed by atoms with Gasteiger partial charge < -0.3 is 4.90 Å². The molecule has 0 saturated carbocycles. The minimum Gasteiger partial charge on any atom is -0.340 e. The molecular formula is C12H17N3O2S. The van der Waals surface area contributed by atoms with Crippen molar-refractivity contribution in [1.29, 1.82) is 5.26 Å². The van der Waals surface area contributed by atoms with Crippen LogP contribution in [0.5, 0.6) is 0 Å². The summed E-state index contributed by atoms with van der Waals surface area (Å²) in [4.78, 5) is 25.1. The van der Waals surface area contributed by atoms with Crippen LogP contribution in [0, 0.1) is 24.2 Å². The molecule has 0 fully saturated rings. The molecule has 0 aromatic carbocycles. The van der Waals surface area contributed by atoms with Crippen LogP contribution in [0.2, 0.25) is 0 Å². The Kier molecular flexibility index (Phi) is 5.10. The zero-order valence-electron chi connectivity index (χ0n) is 10.8. The second-order valence-corrected chi connectivity index (χ2v) is 5.01. The number of carbonyl (C=O) groups is 1. The third-order valence-electron chi connectivity index (χ3n) is 2.72. The average Bonchev–Trinajstić information content (AvgIpc) is 2.67. The summed E-state index contributed by atoms with van der Waals surface area (Å²) in [5.74, 6) is -0.322. The van der Waals surface area contributed by atoms with Crippen LogP contribution in [0.25, 0.3) is 0 Å². The first-order valence-electron chi connectivity index (χ1n) is 5.81. The topological polar surface area (TPSA) is 66.1 Å². The molecule has 0 aliphatic heterocycles. The highest BCUT2D eigenvalue weighted by atomic mass is 32.1. The Morgan fingerprint density at radius 1 is 1.67 bits per heavy atom. The number of nitrogens with zero attached hydrogens (tertiary/aromatic N) is 3. The molecule has 0 bridgehead atoms. The summed E-state index contributed by atoms with van der Waals surface area (Å²) in [6, 6.07) is 2.11. The van der Waals surface area contributed by atoms with Crippen LogP contribution in [0.3, 0.4) is 0 Å². The van der Waals surface area contributed by atoms with Gasteiger partial charge in [-0.1, -0.05) is 11.3 Å². The van der Waals surface area contributed by atoms with Crippen molar-refractivity contribution >= 4 is 17.2 Å². The fraction of sp³-hybridized carbons (Fsp3) is 0.583. The van der Waals surface area contributed by atoms with Gasteiger partial charge in [0.15, 0.2) is 0 Å². The molecule has 98 valence electrons. The lowest BCUT2D eigenvalue weighted by atomic mass is 10.2. The summed E-state index contributed by atoms with van der Waals surface area (Å²) >= 11 is 1.10. The van der Waals surface area contributed by atoms with Crippen molar-refractivity contribution in [3.8, 4) is 6.07 Å². The van der Waals surface area contributed by atoms with Gasteiger partial charge in [-0.05, 0) is 20.8 Å². The van der Waals surface area contributed by atoms with Gasteiger partial charge in [0.25, 0.3) is 0 Å². The predicted octanol–water partition coefficient (Wildman–Crippen LogP) is 1.23. The van der Waals surface area contributed by atoms with Gasteiger partial charge in [0, 0.05) is 24.2 Å². The molecule has 5 nitrogen and oxygen atoms in total. The number of thiazole rings is 1. The molecule has 0 saturated heterocycles. The van der Waals surface area contributed by atoms with Crippen LogP contribution in [0.1, 0.15) is 19.5 Å². The molecule has 1 aromatic heterocycles. The molecule has 1 heterocycles. The maximum Gasteiger partial charge on any atom is 0.307 e. The van der Waals surface area contributed by atoms with Crippen molar-refractivity contribution in [3.63, 3.8) is 0 Å². The second-order valence-electron chi connectivity index (χ2n) is 4.19. The number of nitriles is 1. The highest BCUT2D eigenvalue weighted by Gasteiger charge is 2.16. The third-order valence-corrected chi connectivity index (χ3v) is 3.60. The van der Waals surface area contributed by atoms with Crippen molar-refractivity contribution in [3.05, 3.63) is 20.7 Å². The monoisotopic (exact) mass is 267 g/mol. The first-order valence-corrected chi connectivity index (χ1v) is 6.69. The molecule has 18 heavy (non-hydrogen) atoms. The number of amides is 1. The average molecular weight is 267 g/mol. The van der Waals surface area contributed by atoms with Gasteiger partial charge in [-0.15, -0.1) is 0 Å². The van der Waals surface area contributed by atoms with E-state index in [4.69, 9.17) is 5.26 Å². The number of likely N-dealkylation sites (N-methyl/N-ethyl adjacent to an activating group) is 1. The quantitative estimate of drug-likeness (QED) is 0.805. The van der Waals surface area contributed by atoms with E-state index in [9.17, 15) is 9.59 Å². The highest BCUT2D eigenvalue weighted by Crippen LogP contribution is 2.03. The van der Waals surface area contributed by atoms with Crippen molar-refractivity contribution < 1.29 is 4.79 Å². The summed E-state index contributed by atoms with van der Waals surface area (Å²) in [6.45, 7) is 6.45. The Labute approximate surface area is 110 Å². The van der Waals surface area contributed by atoms with Gasteiger partial charge in [0.05, 0.1) is 12.0 Å². The molecule has 1 atom stereocenters. The molecule has 1 rings (SSSR count). The standard InChI is InChI=1S/C12H17N3O2S/c1-4-14(6-9(2)5-13)11(16)7-15-10(3)8-18-12(15)17/h8-9H,4,6-7H2,1-3H3. The molecule has 1 aromatic rings. The lowest BCUT2D eigenvalue weighted by Crippen LogP contribution is -2.38. The first-order chi connectivity index (χ1) is 8.49. The minimum absolute atomic E-state index is 0.0557. The van der Waals surface area contributed by atoms with Crippen LogP contribution >= 0.6 is 11.3 Å². The first kappa shape index (κ1) is 14.5. The molecule has 6 heteroatoms. The SMILES string of the molecule is CCN(CC(C)C#N)C(=O)Cn1c(C)csc1=O. The summed E-state index contributed by atoms with van der Waals surface area (Å²) in [6.07, 6.45) is 0. The van der Waals surface area contributed by atoms with Gasteiger partial charge in [-0.3, -0.25) is 14.2 Å². The Morgan fingerprint density at radius 3 is 2.78 bits per heavy atom. The van der Waals surface area contributed by atoms with E-state index in [2.05, 4.69) is 6.07 Å². The third kappa shape index (κ3) is 3.44. The zero-order valence-corrected chi connectivity index (χ0v) is 11.7. The second kappa shape index (κ2) is 6.36. The lowest BCUT2D eigenvalue weighted by Gasteiger charge is -2.22. The Bertz CT molecular complexity index is 512. The molecule has 0 N–H and O–H groups in total. The summed E-state index contributed by atoms with van der Waals surface area (Å²) in [7, 11) is 0. The highest BCUT2D eigenvalue weighted by molar-refractivity contribution is 7.07. The van der Waals surface area contributed by atoms with Crippen LogP contribution in [-0.2, 0) is 11.3 Å². The summed E-state index contributed by atoms with van der Waals surface area (Å²) in [5, 5.41) is 10.5. The van der Waals surface area contributed by atoms with Gasteiger partial charge in [0.2, 0.25) is 5.91 Å². The normalized spacial score (nSPS) is 11.9.